The normalized spacial score (nSPS) is 11.6. The molecule has 0 aliphatic heterocycles. The van der Waals surface area contributed by atoms with Crippen LogP contribution < -0.4 is 32.6 Å². The van der Waals surface area contributed by atoms with Crippen LogP contribution in [-0.4, -0.2) is 50.5 Å². The van der Waals surface area contributed by atoms with E-state index in [9.17, 15) is 4.79 Å². The zero-order valence-electron chi connectivity index (χ0n) is 31.2. The summed E-state index contributed by atoms with van der Waals surface area (Å²) in [7, 11) is 8.27. The van der Waals surface area contributed by atoms with E-state index in [4.69, 9.17) is 28.7 Å². The van der Waals surface area contributed by atoms with Crippen molar-refractivity contribution in [3.8, 4) is 46.0 Å². The van der Waals surface area contributed by atoms with Crippen LogP contribution in [0.2, 0.25) is 0 Å². The summed E-state index contributed by atoms with van der Waals surface area (Å²) in [6.07, 6.45) is 6.11. The number of aryl methyl sites for hydroxylation is 7. The van der Waals surface area contributed by atoms with Crippen LogP contribution in [0.4, 0.5) is 0 Å². The molecular weight excluding hydrogens is 646 g/mol. The molecule has 0 saturated carbocycles. The van der Waals surface area contributed by atoms with Gasteiger partial charge in [0.15, 0.2) is 37.8 Å². The summed E-state index contributed by atoms with van der Waals surface area (Å²) in [5, 5.41) is 0. The average Bonchev–Trinajstić information content (AvgIpc) is 3.10. The molecule has 0 aromatic carbocycles. The van der Waals surface area contributed by atoms with Crippen LogP contribution in [0.5, 0.6) is 23.5 Å². The second-order valence-corrected chi connectivity index (χ2v) is 12.7. The van der Waals surface area contributed by atoms with E-state index in [1.54, 1.807) is 33.0 Å². The molecule has 1 unspecified atom stereocenters. The van der Waals surface area contributed by atoms with Gasteiger partial charge in [0, 0.05) is 54.4 Å². The first-order valence-corrected chi connectivity index (χ1v) is 16.9. The predicted octanol–water partition coefficient (Wildman–Crippen LogP) is 4.97. The Labute approximate surface area is 300 Å². The third-order valence-electron chi connectivity index (χ3n) is 8.86. The summed E-state index contributed by atoms with van der Waals surface area (Å²) in [6.45, 7) is 11.0. The number of aromatic nitrogens is 5. The highest BCUT2D eigenvalue weighted by atomic mass is 16.5. The Balaban J connectivity index is 1.54. The standard InChI is InChI=1S/C40H48N5O6/c1-25-13-17-44(31(20-25)35-28(4)22-33(47-7)41-38(35)49-9)19-15-30-23-34(48-8)42-39(50-10)36(30)32-21-26(2)14-18-45(32)24-29(5)51-40(46)37-27(3)12-11-16-43(37)6/h11-14,16-18,20-23,29H,15,19,24H2,1-10H3/q+3. The van der Waals surface area contributed by atoms with Crippen LogP contribution >= 0.6 is 0 Å². The molecule has 5 aromatic rings. The number of rotatable bonds is 13. The Hall–Kier alpha value is -5.58. The number of pyridine rings is 5. The monoisotopic (exact) mass is 694 g/mol. The van der Waals surface area contributed by atoms with Gasteiger partial charge in [-0.15, -0.1) is 0 Å². The lowest BCUT2D eigenvalue weighted by Crippen LogP contribution is -2.44. The van der Waals surface area contributed by atoms with E-state index in [0.717, 1.165) is 50.3 Å². The summed E-state index contributed by atoms with van der Waals surface area (Å²) in [4.78, 5) is 22.6. The maximum absolute atomic E-state index is 13.3. The maximum atomic E-state index is 13.3. The Morgan fingerprint density at radius 1 is 0.725 bits per heavy atom. The van der Waals surface area contributed by atoms with E-state index < -0.39 is 6.10 Å². The molecule has 0 spiro atoms. The molecule has 51 heavy (non-hydrogen) atoms. The number of carbonyl (C=O) groups is 1. The van der Waals surface area contributed by atoms with Crippen molar-refractivity contribution in [1.82, 2.24) is 9.97 Å². The Bertz CT molecular complexity index is 2040. The first-order chi connectivity index (χ1) is 24.5. The van der Waals surface area contributed by atoms with Gasteiger partial charge in [0.1, 0.15) is 18.2 Å². The first kappa shape index (κ1) is 36.7. The number of esters is 1. The van der Waals surface area contributed by atoms with Crippen molar-refractivity contribution in [2.45, 2.75) is 60.2 Å². The number of ether oxygens (including phenoxy) is 5. The van der Waals surface area contributed by atoms with Crippen LogP contribution in [0.15, 0.2) is 67.1 Å². The maximum Gasteiger partial charge on any atom is 0.404 e. The molecule has 0 saturated heterocycles. The van der Waals surface area contributed by atoms with Gasteiger partial charge in [-0.25, -0.2) is 4.79 Å². The van der Waals surface area contributed by atoms with Crippen molar-refractivity contribution in [3.05, 3.63) is 101 Å². The number of hydrogen-bond acceptors (Lipinski definition) is 8. The average molecular weight is 695 g/mol. The molecule has 5 aromatic heterocycles. The third kappa shape index (κ3) is 8.09. The molecule has 0 fully saturated rings. The number of hydrogen-bond donors (Lipinski definition) is 0. The third-order valence-corrected chi connectivity index (χ3v) is 8.86. The fourth-order valence-corrected chi connectivity index (χ4v) is 6.35. The van der Waals surface area contributed by atoms with Crippen molar-refractivity contribution in [2.75, 3.05) is 28.4 Å². The van der Waals surface area contributed by atoms with Crippen molar-refractivity contribution in [3.63, 3.8) is 0 Å². The molecular formula is C40H48N5O6+3. The minimum atomic E-state index is -0.439. The van der Waals surface area contributed by atoms with Crippen LogP contribution in [0.25, 0.3) is 22.5 Å². The molecule has 0 bridgehead atoms. The molecule has 0 radical (unpaired) electrons. The Morgan fingerprint density at radius 2 is 1.31 bits per heavy atom. The summed E-state index contributed by atoms with van der Waals surface area (Å²) in [6, 6.07) is 16.1. The Morgan fingerprint density at radius 3 is 1.92 bits per heavy atom. The predicted molar refractivity (Wildman–Crippen MR) is 191 cm³/mol. The van der Waals surface area contributed by atoms with E-state index >= 15 is 0 Å². The van der Waals surface area contributed by atoms with E-state index in [1.807, 2.05) is 77.5 Å². The van der Waals surface area contributed by atoms with Gasteiger partial charge in [-0.3, -0.25) is 0 Å². The Kier molecular flexibility index (Phi) is 11.5. The second-order valence-electron chi connectivity index (χ2n) is 12.7. The van der Waals surface area contributed by atoms with Gasteiger partial charge in [0.25, 0.3) is 5.69 Å². The van der Waals surface area contributed by atoms with Gasteiger partial charge in [-0.05, 0) is 62.9 Å². The van der Waals surface area contributed by atoms with Crippen LogP contribution in [-0.2, 0) is 31.3 Å². The highest BCUT2D eigenvalue weighted by Crippen LogP contribution is 2.35. The van der Waals surface area contributed by atoms with Crippen molar-refractivity contribution in [2.24, 2.45) is 7.05 Å². The lowest BCUT2D eigenvalue weighted by molar-refractivity contribution is -0.692. The molecule has 1 atom stereocenters. The van der Waals surface area contributed by atoms with Gasteiger partial charge in [0.05, 0.1) is 28.4 Å². The van der Waals surface area contributed by atoms with Crippen LogP contribution in [0, 0.1) is 27.7 Å². The zero-order valence-corrected chi connectivity index (χ0v) is 31.2. The molecule has 0 aliphatic rings. The summed E-state index contributed by atoms with van der Waals surface area (Å²) in [5.74, 6) is 1.50. The molecule has 11 heteroatoms. The SMILES string of the molecule is COc1cc(C)c(-c2cc(C)cc[n+]2CCc2cc(OC)nc(OC)c2-c2cc(C)cc[n+]2CC(C)OC(=O)c2c(C)ccc[n+]2C)c(OC)n1. The van der Waals surface area contributed by atoms with Gasteiger partial charge in [-0.2, -0.15) is 23.7 Å². The highest BCUT2D eigenvalue weighted by Gasteiger charge is 2.30. The summed E-state index contributed by atoms with van der Waals surface area (Å²) >= 11 is 0. The molecule has 5 rings (SSSR count). The molecule has 5 heterocycles. The van der Waals surface area contributed by atoms with Crippen molar-refractivity contribution in [1.29, 1.82) is 0 Å². The van der Waals surface area contributed by atoms with Gasteiger partial charge in [-0.1, -0.05) is 0 Å². The second kappa shape index (κ2) is 16.0. The summed E-state index contributed by atoms with van der Waals surface area (Å²) < 4.78 is 34.8. The molecule has 0 aliphatic carbocycles. The summed E-state index contributed by atoms with van der Waals surface area (Å²) in [5.41, 5.74) is 9.09. The lowest BCUT2D eigenvalue weighted by atomic mass is 10.00. The minimum absolute atomic E-state index is 0.369. The van der Waals surface area contributed by atoms with Crippen LogP contribution in [0.1, 0.15) is 45.2 Å². The van der Waals surface area contributed by atoms with E-state index in [0.29, 0.717) is 48.7 Å². The fourth-order valence-electron chi connectivity index (χ4n) is 6.35. The smallest absolute Gasteiger partial charge is 0.404 e. The lowest BCUT2D eigenvalue weighted by Gasteiger charge is -2.16. The first-order valence-electron chi connectivity index (χ1n) is 16.9. The van der Waals surface area contributed by atoms with Crippen molar-refractivity contribution >= 4 is 5.97 Å². The van der Waals surface area contributed by atoms with E-state index in [-0.39, 0.29) is 5.97 Å². The van der Waals surface area contributed by atoms with Crippen molar-refractivity contribution < 1.29 is 42.2 Å². The molecule has 0 N–H and O–H groups in total. The topological polar surface area (TPSA) is 101 Å². The highest BCUT2D eigenvalue weighted by molar-refractivity contribution is 5.87. The van der Waals surface area contributed by atoms with Gasteiger partial charge >= 0.3 is 5.97 Å². The molecule has 0 amide bonds. The number of carbonyl (C=O) groups excluding carboxylic acids is 1. The fraction of sp³-hybridized carbons (Fsp3) is 0.350. The number of methoxy groups -OCH3 is 4. The molecule has 11 nitrogen and oxygen atoms in total. The zero-order chi connectivity index (χ0) is 36.8. The number of nitrogens with zero attached hydrogens (tertiary/aromatic N) is 5. The van der Waals surface area contributed by atoms with Gasteiger partial charge in [0.2, 0.25) is 34.9 Å². The van der Waals surface area contributed by atoms with E-state index in [2.05, 4.69) is 45.4 Å². The van der Waals surface area contributed by atoms with Gasteiger partial charge < -0.3 is 23.7 Å². The van der Waals surface area contributed by atoms with E-state index in [1.165, 1.54) is 0 Å². The largest absolute Gasteiger partial charge is 0.481 e. The quantitative estimate of drug-likeness (QED) is 0.126. The van der Waals surface area contributed by atoms with Crippen LogP contribution in [0.3, 0.4) is 0 Å². The minimum Gasteiger partial charge on any atom is -0.481 e. The molecule has 266 valence electrons.